The fourth-order valence-electron chi connectivity index (χ4n) is 2.48. The molecule has 0 aliphatic rings. The van der Waals surface area contributed by atoms with Gasteiger partial charge < -0.3 is 9.88 Å². The number of carbonyl (C=O) groups is 1. The average molecular weight is 314 g/mol. The zero-order valence-electron chi connectivity index (χ0n) is 12.7. The van der Waals surface area contributed by atoms with Crippen LogP contribution in [0.3, 0.4) is 0 Å². The highest BCUT2D eigenvalue weighted by molar-refractivity contribution is 7.99. The summed E-state index contributed by atoms with van der Waals surface area (Å²) in [6.07, 6.45) is 1.82. The minimum atomic E-state index is 0.121. The lowest BCUT2D eigenvalue weighted by molar-refractivity contribution is -0.127. The minimum Gasteiger partial charge on any atom is -0.343 e. The van der Waals surface area contributed by atoms with Crippen LogP contribution in [0.1, 0.15) is 13.8 Å². The van der Waals surface area contributed by atoms with Crippen molar-refractivity contribution in [3.8, 4) is 0 Å². The molecule has 2 heterocycles. The summed E-state index contributed by atoms with van der Waals surface area (Å²) in [6, 6.07) is 8.06. The van der Waals surface area contributed by atoms with Crippen molar-refractivity contribution in [1.82, 2.24) is 19.9 Å². The third-order valence-electron chi connectivity index (χ3n) is 3.68. The van der Waals surface area contributed by atoms with Gasteiger partial charge in [-0.3, -0.25) is 4.79 Å². The highest BCUT2D eigenvalue weighted by Crippen LogP contribution is 2.25. The number of H-pyrrole nitrogens is 1. The van der Waals surface area contributed by atoms with Gasteiger partial charge in [0.25, 0.3) is 0 Å². The minimum absolute atomic E-state index is 0.121. The molecule has 1 aromatic carbocycles. The van der Waals surface area contributed by atoms with Gasteiger partial charge in [0.1, 0.15) is 5.65 Å². The van der Waals surface area contributed by atoms with Crippen LogP contribution in [-0.2, 0) is 4.79 Å². The van der Waals surface area contributed by atoms with E-state index in [0.29, 0.717) is 10.9 Å². The molecule has 0 radical (unpaired) electrons. The molecular formula is C16H18N4OS. The molecule has 0 aliphatic carbocycles. The molecule has 0 spiro atoms. The summed E-state index contributed by atoms with van der Waals surface area (Å²) in [5.41, 5.74) is 1.86. The molecule has 3 aromatic rings. The molecule has 0 atom stereocenters. The van der Waals surface area contributed by atoms with E-state index in [1.165, 1.54) is 11.8 Å². The van der Waals surface area contributed by atoms with Gasteiger partial charge in [-0.1, -0.05) is 30.0 Å². The van der Waals surface area contributed by atoms with Gasteiger partial charge in [-0.25, -0.2) is 9.97 Å². The van der Waals surface area contributed by atoms with Crippen LogP contribution in [0.4, 0.5) is 0 Å². The van der Waals surface area contributed by atoms with Crippen LogP contribution in [0.25, 0.3) is 21.9 Å². The number of benzene rings is 1. The Morgan fingerprint density at radius 3 is 2.77 bits per heavy atom. The molecule has 2 aromatic heterocycles. The third-order valence-corrected chi connectivity index (χ3v) is 4.52. The largest absolute Gasteiger partial charge is 0.343 e. The number of amides is 1. The van der Waals surface area contributed by atoms with Crippen LogP contribution < -0.4 is 0 Å². The summed E-state index contributed by atoms with van der Waals surface area (Å²) < 4.78 is 0. The van der Waals surface area contributed by atoms with Crippen molar-refractivity contribution >= 4 is 39.6 Å². The van der Waals surface area contributed by atoms with E-state index in [1.807, 2.05) is 49.2 Å². The van der Waals surface area contributed by atoms with E-state index in [9.17, 15) is 4.79 Å². The molecule has 1 N–H and O–H groups in total. The number of nitrogens with one attached hydrogen (secondary N) is 1. The van der Waals surface area contributed by atoms with E-state index < -0.39 is 0 Å². The van der Waals surface area contributed by atoms with E-state index >= 15 is 0 Å². The van der Waals surface area contributed by atoms with Crippen LogP contribution in [0.15, 0.2) is 35.6 Å². The summed E-state index contributed by atoms with van der Waals surface area (Å²) in [7, 11) is 0. The molecule has 3 rings (SSSR count). The predicted octanol–water partition coefficient (Wildman–Crippen LogP) is 3.07. The Labute approximate surface area is 133 Å². The van der Waals surface area contributed by atoms with Crippen LogP contribution in [0.5, 0.6) is 0 Å². The van der Waals surface area contributed by atoms with Crippen LogP contribution >= 0.6 is 11.8 Å². The molecular weight excluding hydrogens is 296 g/mol. The first kappa shape index (κ1) is 14.8. The first-order valence-corrected chi connectivity index (χ1v) is 8.35. The van der Waals surface area contributed by atoms with Gasteiger partial charge >= 0.3 is 0 Å². The molecule has 0 unspecified atom stereocenters. The lowest BCUT2D eigenvalue weighted by Crippen LogP contribution is -2.31. The quantitative estimate of drug-likeness (QED) is 0.581. The number of nitrogens with zero attached hydrogens (tertiary/aromatic N) is 3. The molecule has 5 nitrogen and oxygen atoms in total. The summed E-state index contributed by atoms with van der Waals surface area (Å²) in [6.45, 7) is 5.44. The van der Waals surface area contributed by atoms with E-state index in [0.717, 1.165) is 35.0 Å². The van der Waals surface area contributed by atoms with E-state index in [-0.39, 0.29) is 5.91 Å². The number of aromatic amines is 1. The molecule has 114 valence electrons. The average Bonchev–Trinajstić information content (AvgIpc) is 2.91. The second-order valence-corrected chi connectivity index (χ2v) is 5.88. The predicted molar refractivity (Wildman–Crippen MR) is 90.0 cm³/mol. The second kappa shape index (κ2) is 6.36. The maximum Gasteiger partial charge on any atom is 0.233 e. The number of aromatic nitrogens is 3. The Kier molecular flexibility index (Phi) is 4.29. The van der Waals surface area contributed by atoms with E-state index in [1.54, 1.807) is 0 Å². The first-order valence-electron chi connectivity index (χ1n) is 7.37. The summed E-state index contributed by atoms with van der Waals surface area (Å²) in [4.78, 5) is 26.0. The standard InChI is InChI=1S/C16H18N4OS/c1-3-20(4-2)14(21)10-22-16-17-9-12-11-7-5-6-8-13(11)18-15(12)19-16/h5-9H,3-4,10H2,1-2H3,(H,17,18,19). The zero-order valence-corrected chi connectivity index (χ0v) is 13.5. The Balaban J connectivity index is 1.80. The van der Waals surface area contributed by atoms with Crippen molar-refractivity contribution in [1.29, 1.82) is 0 Å². The molecule has 0 aliphatic heterocycles. The number of carbonyl (C=O) groups excluding carboxylic acids is 1. The SMILES string of the molecule is CCN(CC)C(=O)CSc1ncc2c(n1)[nH]c1ccccc12. The van der Waals surface area contributed by atoms with E-state index in [4.69, 9.17) is 0 Å². The van der Waals surface area contributed by atoms with Crippen molar-refractivity contribution in [3.63, 3.8) is 0 Å². The van der Waals surface area contributed by atoms with Crippen LogP contribution in [-0.4, -0.2) is 44.6 Å². The Bertz CT molecular complexity index is 810. The lowest BCUT2D eigenvalue weighted by Gasteiger charge is -2.17. The molecule has 22 heavy (non-hydrogen) atoms. The van der Waals surface area contributed by atoms with Crippen molar-refractivity contribution in [2.24, 2.45) is 0 Å². The molecule has 0 fully saturated rings. The Morgan fingerprint density at radius 2 is 2.00 bits per heavy atom. The van der Waals surface area contributed by atoms with Crippen LogP contribution in [0, 0.1) is 0 Å². The lowest BCUT2D eigenvalue weighted by atomic mass is 10.2. The second-order valence-electron chi connectivity index (χ2n) is 4.94. The van der Waals surface area contributed by atoms with Gasteiger partial charge in [-0.05, 0) is 19.9 Å². The van der Waals surface area contributed by atoms with Gasteiger partial charge in [-0.2, -0.15) is 0 Å². The van der Waals surface area contributed by atoms with Crippen molar-refractivity contribution in [2.45, 2.75) is 19.0 Å². The maximum atomic E-state index is 12.0. The Hall–Kier alpha value is -2.08. The molecule has 0 saturated heterocycles. The normalized spacial score (nSPS) is 11.2. The summed E-state index contributed by atoms with van der Waals surface area (Å²) >= 11 is 1.38. The van der Waals surface area contributed by atoms with Crippen LogP contribution in [0.2, 0.25) is 0 Å². The number of hydrogen-bond donors (Lipinski definition) is 1. The highest BCUT2D eigenvalue weighted by Gasteiger charge is 2.12. The zero-order chi connectivity index (χ0) is 15.5. The van der Waals surface area contributed by atoms with Gasteiger partial charge in [0, 0.05) is 35.6 Å². The number of thioether (sulfide) groups is 1. The van der Waals surface area contributed by atoms with Gasteiger partial charge in [0.15, 0.2) is 5.16 Å². The van der Waals surface area contributed by atoms with Crippen molar-refractivity contribution < 1.29 is 4.79 Å². The van der Waals surface area contributed by atoms with Gasteiger partial charge in [-0.15, -0.1) is 0 Å². The fraction of sp³-hybridized carbons (Fsp3) is 0.312. The third kappa shape index (κ3) is 2.78. The van der Waals surface area contributed by atoms with E-state index in [2.05, 4.69) is 15.0 Å². The number of fused-ring (bicyclic) bond motifs is 3. The van der Waals surface area contributed by atoms with Crippen molar-refractivity contribution in [2.75, 3.05) is 18.8 Å². The summed E-state index contributed by atoms with van der Waals surface area (Å²) in [5, 5.41) is 2.75. The first-order chi connectivity index (χ1) is 10.7. The molecule has 0 saturated carbocycles. The molecule has 0 bridgehead atoms. The monoisotopic (exact) mass is 314 g/mol. The smallest absolute Gasteiger partial charge is 0.233 e. The number of hydrogen-bond acceptors (Lipinski definition) is 4. The highest BCUT2D eigenvalue weighted by atomic mass is 32.2. The molecule has 1 amide bonds. The maximum absolute atomic E-state index is 12.0. The summed E-state index contributed by atoms with van der Waals surface area (Å²) in [5.74, 6) is 0.489. The number of rotatable bonds is 5. The molecule has 6 heteroatoms. The van der Waals surface area contributed by atoms with Gasteiger partial charge in [0.05, 0.1) is 5.75 Å². The van der Waals surface area contributed by atoms with Crippen molar-refractivity contribution in [3.05, 3.63) is 30.5 Å². The Morgan fingerprint density at radius 1 is 1.23 bits per heavy atom. The van der Waals surface area contributed by atoms with Gasteiger partial charge in [0.2, 0.25) is 5.91 Å². The fourth-order valence-corrected chi connectivity index (χ4v) is 3.19. The number of para-hydroxylation sites is 1. The topological polar surface area (TPSA) is 61.9 Å².